The molecule has 0 amide bonds. The van der Waals surface area contributed by atoms with Gasteiger partial charge in [-0.3, -0.25) is 4.79 Å². The maximum Gasteiger partial charge on any atom is 0.308 e. The van der Waals surface area contributed by atoms with E-state index in [1.165, 1.54) is 7.11 Å². The molecule has 0 spiro atoms. The van der Waals surface area contributed by atoms with Crippen LogP contribution in [0.15, 0.2) is 24.3 Å². The van der Waals surface area contributed by atoms with Gasteiger partial charge in [0.05, 0.1) is 30.2 Å². The first-order chi connectivity index (χ1) is 11.1. The van der Waals surface area contributed by atoms with Crippen LogP contribution < -0.4 is 4.90 Å². The molecule has 1 fully saturated rings. The molecule has 6 heteroatoms. The molecular formula is C17H16ClN3O2. The summed E-state index contributed by atoms with van der Waals surface area (Å²) in [7, 11) is 1.42. The van der Waals surface area contributed by atoms with Crippen LogP contribution in [0.25, 0.3) is 10.9 Å². The number of hydrogen-bond acceptors (Lipinski definition) is 5. The standard InChI is InChI=1S/C17H16ClN3O2/c1-23-17(22)11-4-6-21(7-5-11)16-8-12(10-19)14-9-13(18)2-3-15(14)20-16/h2-3,8-9,11H,4-7H2,1H3. The second kappa shape index (κ2) is 6.43. The van der Waals surface area contributed by atoms with Crippen LogP contribution in [0, 0.1) is 17.2 Å². The number of carbonyl (C=O) groups excluding carboxylic acids is 1. The minimum absolute atomic E-state index is 0.0500. The predicted octanol–water partition coefficient (Wildman–Crippen LogP) is 3.15. The number of benzene rings is 1. The summed E-state index contributed by atoms with van der Waals surface area (Å²) in [5.74, 6) is 0.564. The van der Waals surface area contributed by atoms with Crippen LogP contribution in [0.3, 0.4) is 0 Å². The molecule has 118 valence electrons. The lowest BCUT2D eigenvalue weighted by Gasteiger charge is -2.31. The molecule has 23 heavy (non-hydrogen) atoms. The number of pyridine rings is 1. The number of carbonyl (C=O) groups is 1. The third-order valence-electron chi connectivity index (χ3n) is 4.23. The molecular weight excluding hydrogens is 314 g/mol. The number of rotatable bonds is 2. The molecule has 1 aliphatic rings. The van der Waals surface area contributed by atoms with E-state index in [-0.39, 0.29) is 11.9 Å². The fourth-order valence-electron chi connectivity index (χ4n) is 2.95. The highest BCUT2D eigenvalue weighted by Crippen LogP contribution is 2.28. The van der Waals surface area contributed by atoms with Crippen LogP contribution in [0.4, 0.5) is 5.82 Å². The van der Waals surface area contributed by atoms with E-state index in [1.807, 2.05) is 6.07 Å². The highest BCUT2D eigenvalue weighted by molar-refractivity contribution is 6.31. The molecule has 2 heterocycles. The van der Waals surface area contributed by atoms with E-state index in [1.54, 1.807) is 18.2 Å². The quantitative estimate of drug-likeness (QED) is 0.792. The Hall–Kier alpha value is -2.32. The van der Waals surface area contributed by atoms with Crippen molar-refractivity contribution in [2.75, 3.05) is 25.1 Å². The molecule has 1 aliphatic heterocycles. The van der Waals surface area contributed by atoms with Gasteiger partial charge in [-0.15, -0.1) is 0 Å². The smallest absolute Gasteiger partial charge is 0.308 e. The van der Waals surface area contributed by atoms with E-state index in [4.69, 9.17) is 16.3 Å². The van der Waals surface area contributed by atoms with Gasteiger partial charge in [0, 0.05) is 23.5 Å². The van der Waals surface area contributed by atoms with E-state index >= 15 is 0 Å². The first kappa shape index (κ1) is 15.6. The minimum atomic E-state index is -0.150. The molecule has 0 unspecified atom stereocenters. The van der Waals surface area contributed by atoms with Gasteiger partial charge in [0.15, 0.2) is 0 Å². The molecule has 0 bridgehead atoms. The van der Waals surface area contributed by atoms with E-state index in [9.17, 15) is 10.1 Å². The molecule has 0 saturated carbocycles. The first-order valence-corrected chi connectivity index (χ1v) is 7.83. The Bertz CT molecular complexity index is 792. The van der Waals surface area contributed by atoms with Gasteiger partial charge in [0.25, 0.3) is 0 Å². The number of nitriles is 1. The molecule has 2 aromatic rings. The summed E-state index contributed by atoms with van der Waals surface area (Å²) in [6.45, 7) is 1.44. The zero-order valence-corrected chi connectivity index (χ0v) is 13.5. The minimum Gasteiger partial charge on any atom is -0.469 e. The molecule has 0 aliphatic carbocycles. The lowest BCUT2D eigenvalue weighted by molar-refractivity contribution is -0.146. The Morgan fingerprint density at radius 1 is 1.39 bits per heavy atom. The third-order valence-corrected chi connectivity index (χ3v) is 4.47. The van der Waals surface area contributed by atoms with Crippen LogP contribution in [-0.2, 0) is 9.53 Å². The van der Waals surface area contributed by atoms with Crippen molar-refractivity contribution in [3.05, 3.63) is 34.9 Å². The van der Waals surface area contributed by atoms with Crippen molar-refractivity contribution in [1.29, 1.82) is 5.26 Å². The molecule has 0 radical (unpaired) electrons. The second-order valence-electron chi connectivity index (χ2n) is 5.59. The summed E-state index contributed by atoms with van der Waals surface area (Å²) < 4.78 is 4.81. The lowest BCUT2D eigenvalue weighted by Crippen LogP contribution is -2.37. The summed E-state index contributed by atoms with van der Waals surface area (Å²) in [6.07, 6.45) is 1.46. The van der Waals surface area contributed by atoms with Crippen molar-refractivity contribution in [2.24, 2.45) is 5.92 Å². The van der Waals surface area contributed by atoms with Gasteiger partial charge in [-0.25, -0.2) is 4.98 Å². The van der Waals surface area contributed by atoms with Gasteiger partial charge in [-0.2, -0.15) is 5.26 Å². The van der Waals surface area contributed by atoms with Gasteiger partial charge < -0.3 is 9.64 Å². The average molecular weight is 330 g/mol. The number of hydrogen-bond donors (Lipinski definition) is 0. The van der Waals surface area contributed by atoms with E-state index < -0.39 is 0 Å². The van der Waals surface area contributed by atoms with E-state index in [2.05, 4.69) is 16.0 Å². The zero-order valence-electron chi connectivity index (χ0n) is 12.8. The maximum absolute atomic E-state index is 11.6. The van der Waals surface area contributed by atoms with Gasteiger partial charge in [-0.1, -0.05) is 11.6 Å². The number of methoxy groups -OCH3 is 1. The zero-order chi connectivity index (χ0) is 16.4. The van der Waals surface area contributed by atoms with E-state index in [0.717, 1.165) is 42.7 Å². The molecule has 1 saturated heterocycles. The highest BCUT2D eigenvalue weighted by Gasteiger charge is 2.26. The van der Waals surface area contributed by atoms with Crippen LogP contribution in [0.1, 0.15) is 18.4 Å². The third kappa shape index (κ3) is 3.08. The molecule has 0 N–H and O–H groups in total. The normalized spacial score (nSPS) is 15.4. The number of halogens is 1. The summed E-state index contributed by atoms with van der Waals surface area (Å²) >= 11 is 6.00. The second-order valence-corrected chi connectivity index (χ2v) is 6.02. The number of fused-ring (bicyclic) bond motifs is 1. The molecule has 3 rings (SSSR count). The lowest BCUT2D eigenvalue weighted by atomic mass is 9.97. The monoisotopic (exact) mass is 329 g/mol. The number of esters is 1. The van der Waals surface area contributed by atoms with Crippen molar-refractivity contribution >= 4 is 34.3 Å². The molecule has 0 atom stereocenters. The fourth-order valence-corrected chi connectivity index (χ4v) is 3.12. The van der Waals surface area contributed by atoms with Gasteiger partial charge in [0.2, 0.25) is 0 Å². The Balaban J connectivity index is 1.88. The summed E-state index contributed by atoms with van der Waals surface area (Å²) in [5.41, 5.74) is 1.31. The van der Waals surface area contributed by atoms with Crippen LogP contribution in [-0.4, -0.2) is 31.2 Å². The van der Waals surface area contributed by atoms with Crippen molar-refractivity contribution in [3.8, 4) is 6.07 Å². The number of nitrogens with zero attached hydrogens (tertiary/aromatic N) is 3. The highest BCUT2D eigenvalue weighted by atomic mass is 35.5. The molecule has 1 aromatic heterocycles. The summed E-state index contributed by atoms with van der Waals surface area (Å²) in [5, 5.41) is 10.7. The molecule has 1 aromatic carbocycles. The Morgan fingerprint density at radius 2 is 2.13 bits per heavy atom. The Morgan fingerprint density at radius 3 is 2.78 bits per heavy atom. The van der Waals surface area contributed by atoms with Crippen LogP contribution >= 0.6 is 11.6 Å². The maximum atomic E-state index is 11.6. The number of anilines is 1. The SMILES string of the molecule is COC(=O)C1CCN(c2cc(C#N)c3cc(Cl)ccc3n2)CC1. The van der Waals surface area contributed by atoms with Gasteiger partial charge >= 0.3 is 5.97 Å². The summed E-state index contributed by atoms with van der Waals surface area (Å²) in [4.78, 5) is 18.3. The van der Waals surface area contributed by atoms with Crippen LogP contribution in [0.2, 0.25) is 5.02 Å². The Kier molecular flexibility index (Phi) is 4.35. The largest absolute Gasteiger partial charge is 0.469 e. The first-order valence-electron chi connectivity index (χ1n) is 7.45. The number of ether oxygens (including phenoxy) is 1. The van der Waals surface area contributed by atoms with Crippen molar-refractivity contribution in [2.45, 2.75) is 12.8 Å². The van der Waals surface area contributed by atoms with E-state index in [0.29, 0.717) is 10.6 Å². The average Bonchev–Trinajstić information content (AvgIpc) is 2.60. The van der Waals surface area contributed by atoms with Gasteiger partial charge in [0.1, 0.15) is 5.82 Å². The predicted molar refractivity (Wildman–Crippen MR) is 88.4 cm³/mol. The van der Waals surface area contributed by atoms with Crippen LogP contribution in [0.5, 0.6) is 0 Å². The topological polar surface area (TPSA) is 66.2 Å². The number of piperidine rings is 1. The molecule has 5 nitrogen and oxygen atoms in total. The van der Waals surface area contributed by atoms with Gasteiger partial charge in [-0.05, 0) is 37.1 Å². The fraction of sp³-hybridized carbons (Fsp3) is 0.353. The Labute approximate surface area is 139 Å². The van der Waals surface area contributed by atoms with Crippen molar-refractivity contribution < 1.29 is 9.53 Å². The summed E-state index contributed by atoms with van der Waals surface area (Å²) in [6, 6.07) is 9.35. The van der Waals surface area contributed by atoms with Crippen molar-refractivity contribution in [1.82, 2.24) is 4.98 Å². The van der Waals surface area contributed by atoms with Crippen molar-refractivity contribution in [3.63, 3.8) is 0 Å². The number of aromatic nitrogens is 1.